The number of methoxy groups -OCH3 is 1. The average Bonchev–Trinajstić information content (AvgIpc) is 2.81. The van der Waals surface area contributed by atoms with E-state index in [1.165, 1.54) is 7.11 Å². The molecule has 2 atom stereocenters. The van der Waals surface area contributed by atoms with E-state index < -0.39 is 11.9 Å². The first-order valence-corrected chi connectivity index (χ1v) is 12.1. The van der Waals surface area contributed by atoms with E-state index >= 15 is 0 Å². The van der Waals surface area contributed by atoms with Crippen molar-refractivity contribution in [3.05, 3.63) is 79.6 Å². The highest BCUT2D eigenvalue weighted by atomic mass is 79.9. The zero-order valence-corrected chi connectivity index (χ0v) is 21.4. The van der Waals surface area contributed by atoms with Crippen molar-refractivity contribution in [3.63, 3.8) is 0 Å². The maximum absolute atomic E-state index is 13.6. The molecule has 1 heterocycles. The molecule has 178 valence electrons. The molecule has 8 heteroatoms. The number of esters is 1. The molecule has 6 nitrogen and oxygen atoms in total. The first kappa shape index (κ1) is 24.4. The summed E-state index contributed by atoms with van der Waals surface area (Å²) < 4.78 is 11.1. The van der Waals surface area contributed by atoms with Gasteiger partial charge in [-0.25, -0.2) is 4.79 Å². The van der Waals surface area contributed by atoms with Crippen molar-refractivity contribution in [1.29, 1.82) is 0 Å². The van der Waals surface area contributed by atoms with Crippen molar-refractivity contribution in [2.45, 2.75) is 38.5 Å². The summed E-state index contributed by atoms with van der Waals surface area (Å²) in [7, 11) is 1.32. The van der Waals surface area contributed by atoms with Crippen molar-refractivity contribution in [1.82, 2.24) is 5.32 Å². The number of carbonyl (C=O) groups excluding carboxylic acids is 2. The summed E-state index contributed by atoms with van der Waals surface area (Å²) in [6.07, 6.45) is 0.923. The highest BCUT2D eigenvalue weighted by molar-refractivity contribution is 9.10. The lowest BCUT2D eigenvalue weighted by molar-refractivity contribution is -0.136. The second-order valence-electron chi connectivity index (χ2n) is 8.34. The Morgan fingerprint density at radius 2 is 1.91 bits per heavy atom. The summed E-state index contributed by atoms with van der Waals surface area (Å²) in [6, 6.07) is 10.9. The van der Waals surface area contributed by atoms with Crippen molar-refractivity contribution in [2.24, 2.45) is 0 Å². The molecule has 2 aromatic rings. The fraction of sp³-hybridized carbons (Fsp3) is 0.308. The van der Waals surface area contributed by atoms with E-state index in [9.17, 15) is 14.7 Å². The Balaban J connectivity index is 1.85. The molecule has 0 bridgehead atoms. The minimum absolute atomic E-state index is 0.00492. The number of phenols is 1. The number of nitrogens with one attached hydrogen (secondary N) is 1. The van der Waals surface area contributed by atoms with Crippen LogP contribution in [0.1, 0.15) is 49.7 Å². The molecule has 34 heavy (non-hydrogen) atoms. The van der Waals surface area contributed by atoms with Crippen LogP contribution in [0.4, 0.5) is 0 Å². The average molecular weight is 547 g/mol. The summed E-state index contributed by atoms with van der Waals surface area (Å²) in [5.74, 6) is -0.984. The van der Waals surface area contributed by atoms with E-state index in [0.717, 1.165) is 11.3 Å². The number of halogens is 2. The number of hydrogen-bond acceptors (Lipinski definition) is 6. The van der Waals surface area contributed by atoms with Crippen LogP contribution in [0.3, 0.4) is 0 Å². The van der Waals surface area contributed by atoms with Crippen LogP contribution < -0.4 is 10.1 Å². The molecule has 0 aromatic heterocycles. The number of Topliss-reactive ketones (excluding diaryl/α,β-unsaturated/α-hetero) is 1. The first-order chi connectivity index (χ1) is 16.2. The summed E-state index contributed by atoms with van der Waals surface area (Å²) in [5, 5.41) is 14.4. The second kappa shape index (κ2) is 9.84. The van der Waals surface area contributed by atoms with Gasteiger partial charge in [-0.2, -0.15) is 0 Å². The number of aromatic hydroxyl groups is 1. The molecule has 0 saturated carbocycles. The fourth-order valence-corrected chi connectivity index (χ4v) is 5.34. The normalized spacial score (nSPS) is 20.1. The van der Waals surface area contributed by atoms with Gasteiger partial charge in [-0.05, 0) is 77.5 Å². The summed E-state index contributed by atoms with van der Waals surface area (Å²) in [5.41, 5.74) is 4.00. The predicted molar refractivity (Wildman–Crippen MR) is 133 cm³/mol. The van der Waals surface area contributed by atoms with Gasteiger partial charge in [-0.1, -0.05) is 23.7 Å². The van der Waals surface area contributed by atoms with Crippen LogP contribution in [-0.2, 0) is 14.3 Å². The number of phenolic OH excluding ortho intramolecular Hbond substituents is 1. The van der Waals surface area contributed by atoms with Crippen LogP contribution in [0.5, 0.6) is 11.5 Å². The molecule has 2 aromatic carbocycles. The Kier molecular flexibility index (Phi) is 7.05. The largest absolute Gasteiger partial charge is 0.503 e. The smallest absolute Gasteiger partial charge is 0.336 e. The van der Waals surface area contributed by atoms with Gasteiger partial charge in [0.25, 0.3) is 0 Å². The van der Waals surface area contributed by atoms with Gasteiger partial charge in [0.2, 0.25) is 0 Å². The number of ketones is 1. The molecular weight excluding hydrogens is 522 g/mol. The lowest BCUT2D eigenvalue weighted by atomic mass is 9.71. The number of dihydropyridines is 1. The molecule has 1 aliphatic carbocycles. The van der Waals surface area contributed by atoms with E-state index in [-0.39, 0.29) is 23.2 Å². The standard InChI is InChI=1S/C26H25BrClNO5/c1-4-34-21-12-16(9-18(27)25(21)31)23-22(26(32)33-3)13(2)29-19-10-15(11-20(30)24(19)23)14-5-7-17(28)8-6-14/h5-9,12,15,23,29,31H,4,10-11H2,1-3H3/t15-,23-/m0/s1. The van der Waals surface area contributed by atoms with E-state index in [4.69, 9.17) is 21.1 Å². The monoisotopic (exact) mass is 545 g/mol. The van der Waals surface area contributed by atoms with Crippen molar-refractivity contribution in [2.75, 3.05) is 13.7 Å². The first-order valence-electron chi connectivity index (χ1n) is 11.0. The number of hydrogen-bond donors (Lipinski definition) is 2. The number of carbonyl (C=O) groups is 2. The topological polar surface area (TPSA) is 84.9 Å². The van der Waals surface area contributed by atoms with Gasteiger partial charge in [0.1, 0.15) is 0 Å². The van der Waals surface area contributed by atoms with E-state index in [1.807, 2.05) is 31.2 Å². The molecule has 0 radical (unpaired) electrons. The van der Waals surface area contributed by atoms with Gasteiger partial charge in [0, 0.05) is 34.3 Å². The Labute approximate surface area is 211 Å². The number of benzene rings is 2. The lowest BCUT2D eigenvalue weighted by Gasteiger charge is -2.36. The molecule has 0 amide bonds. The maximum atomic E-state index is 13.6. The van der Waals surface area contributed by atoms with Crippen molar-refractivity contribution < 1.29 is 24.2 Å². The SMILES string of the molecule is CCOc1cc([C@H]2C(C(=O)OC)=C(C)NC3=C2C(=O)C[C@@H](c2ccc(Cl)cc2)C3)cc(Br)c1O. The molecule has 4 rings (SSSR count). The number of rotatable bonds is 5. The van der Waals surface area contributed by atoms with Gasteiger partial charge in [0.15, 0.2) is 17.3 Å². The Morgan fingerprint density at radius 3 is 2.56 bits per heavy atom. The van der Waals surface area contributed by atoms with Crippen molar-refractivity contribution in [3.8, 4) is 11.5 Å². The third-order valence-electron chi connectivity index (χ3n) is 6.26. The third-order valence-corrected chi connectivity index (χ3v) is 7.11. The number of allylic oxidation sites excluding steroid dienone is 3. The van der Waals surface area contributed by atoms with Crippen LogP contribution in [0.15, 0.2) is 63.4 Å². The van der Waals surface area contributed by atoms with Crippen LogP contribution in [0.2, 0.25) is 5.02 Å². The summed E-state index contributed by atoms with van der Waals surface area (Å²) in [4.78, 5) is 26.5. The Morgan fingerprint density at radius 1 is 1.21 bits per heavy atom. The molecule has 2 aliphatic rings. The van der Waals surface area contributed by atoms with Gasteiger partial charge < -0.3 is 19.9 Å². The molecule has 0 spiro atoms. The maximum Gasteiger partial charge on any atom is 0.336 e. The summed E-state index contributed by atoms with van der Waals surface area (Å²) >= 11 is 9.43. The predicted octanol–water partition coefficient (Wildman–Crippen LogP) is 5.74. The van der Waals surface area contributed by atoms with Crippen LogP contribution in [0, 0.1) is 0 Å². The van der Waals surface area contributed by atoms with Gasteiger partial charge >= 0.3 is 5.97 Å². The third kappa shape index (κ3) is 4.46. The molecular formula is C26H25BrClNO5. The molecule has 1 aliphatic heterocycles. The van der Waals surface area contributed by atoms with Gasteiger partial charge in [-0.3, -0.25) is 4.79 Å². The van der Waals surface area contributed by atoms with E-state index in [0.29, 0.717) is 51.4 Å². The van der Waals surface area contributed by atoms with Gasteiger partial charge in [0.05, 0.1) is 23.8 Å². The van der Waals surface area contributed by atoms with Crippen LogP contribution in [0.25, 0.3) is 0 Å². The highest BCUT2D eigenvalue weighted by Gasteiger charge is 2.41. The quantitative estimate of drug-likeness (QED) is 0.465. The zero-order chi connectivity index (χ0) is 24.6. The minimum Gasteiger partial charge on any atom is -0.503 e. The summed E-state index contributed by atoms with van der Waals surface area (Å²) in [6.45, 7) is 3.97. The number of ether oxygens (including phenoxy) is 2. The Hall–Kier alpha value is -2.77. The lowest BCUT2D eigenvalue weighted by Crippen LogP contribution is -2.36. The molecule has 0 fully saturated rings. The van der Waals surface area contributed by atoms with Crippen LogP contribution in [-0.4, -0.2) is 30.6 Å². The van der Waals surface area contributed by atoms with Crippen LogP contribution >= 0.6 is 27.5 Å². The zero-order valence-electron chi connectivity index (χ0n) is 19.1. The minimum atomic E-state index is -0.654. The fourth-order valence-electron chi connectivity index (χ4n) is 4.75. The Bertz CT molecular complexity index is 1220. The second-order valence-corrected chi connectivity index (χ2v) is 9.63. The molecule has 0 unspecified atom stereocenters. The van der Waals surface area contributed by atoms with Gasteiger partial charge in [-0.15, -0.1) is 0 Å². The van der Waals surface area contributed by atoms with Crippen molar-refractivity contribution >= 4 is 39.3 Å². The highest BCUT2D eigenvalue weighted by Crippen LogP contribution is 2.48. The van der Waals surface area contributed by atoms with E-state index in [1.54, 1.807) is 19.1 Å². The molecule has 2 N–H and O–H groups in total. The molecule has 0 saturated heterocycles. The van der Waals surface area contributed by atoms with E-state index in [2.05, 4.69) is 21.2 Å².